The number of nitrogens with one attached hydrogen (secondary N) is 2. The maximum Gasteiger partial charge on any atom is 0.191 e. The van der Waals surface area contributed by atoms with Gasteiger partial charge in [-0.05, 0) is 56.7 Å². The summed E-state index contributed by atoms with van der Waals surface area (Å²) in [5, 5.41) is 6.94. The van der Waals surface area contributed by atoms with Crippen LogP contribution in [-0.2, 0) is 11.3 Å². The van der Waals surface area contributed by atoms with Gasteiger partial charge < -0.3 is 20.3 Å². The Morgan fingerprint density at radius 2 is 2.19 bits per heavy atom. The lowest BCUT2D eigenvalue weighted by Gasteiger charge is -2.22. The first-order valence-corrected chi connectivity index (χ1v) is 9.72. The van der Waals surface area contributed by atoms with Crippen LogP contribution in [0.1, 0.15) is 44.6 Å². The van der Waals surface area contributed by atoms with E-state index in [1.165, 1.54) is 31.2 Å². The van der Waals surface area contributed by atoms with Gasteiger partial charge in [0.15, 0.2) is 5.96 Å². The van der Waals surface area contributed by atoms with Crippen molar-refractivity contribution in [3.63, 3.8) is 0 Å². The molecule has 3 aliphatic rings. The number of hydrogen-bond acceptors (Lipinski definition) is 4. The minimum Gasteiger partial charge on any atom is -0.373 e. The summed E-state index contributed by atoms with van der Waals surface area (Å²) >= 11 is 0. The second kappa shape index (κ2) is 9.21. The predicted molar refractivity (Wildman–Crippen MR) is 115 cm³/mol. The van der Waals surface area contributed by atoms with Crippen molar-refractivity contribution in [1.29, 1.82) is 0 Å². The van der Waals surface area contributed by atoms with E-state index >= 15 is 0 Å². The van der Waals surface area contributed by atoms with Gasteiger partial charge in [0, 0.05) is 25.8 Å². The number of guanidine groups is 1. The summed E-state index contributed by atoms with van der Waals surface area (Å²) in [5.41, 5.74) is 1.21. The predicted octanol–water partition coefficient (Wildman–Crippen LogP) is 2.67. The Balaban J connectivity index is 0.00000196. The van der Waals surface area contributed by atoms with Crippen LogP contribution in [-0.4, -0.2) is 48.8 Å². The third-order valence-electron chi connectivity index (χ3n) is 5.43. The Bertz CT molecular complexity index is 620. The molecule has 4 rings (SSSR count). The molecule has 6 nitrogen and oxygen atoms in total. The van der Waals surface area contributed by atoms with Crippen LogP contribution >= 0.6 is 24.0 Å². The Kier molecular flexibility index (Phi) is 6.97. The van der Waals surface area contributed by atoms with Gasteiger partial charge in [-0.2, -0.15) is 0 Å². The molecule has 3 aliphatic heterocycles. The number of halogens is 1. The Hall–Kier alpha value is -1.09. The van der Waals surface area contributed by atoms with Crippen molar-refractivity contribution < 1.29 is 4.74 Å². The topological polar surface area (TPSA) is 61.8 Å². The standard InChI is InChI=1S/C19H29N5O.HI/c1-2-20-19(23-16-12-15-5-6-17(16)25-15)22-13-14-7-8-21-18(11-14)24-9-3-4-10-24;/h7-8,11,15-17H,2-6,9-10,12-13H2,1H3,(H2,20,22,23);1H. The van der Waals surface area contributed by atoms with Crippen LogP contribution in [0.2, 0.25) is 0 Å². The maximum absolute atomic E-state index is 5.94. The van der Waals surface area contributed by atoms with Crippen molar-refractivity contribution in [1.82, 2.24) is 15.6 Å². The van der Waals surface area contributed by atoms with E-state index in [-0.39, 0.29) is 24.0 Å². The lowest BCUT2D eigenvalue weighted by atomic mass is 9.96. The molecule has 2 bridgehead atoms. The number of rotatable bonds is 5. The quantitative estimate of drug-likeness (QED) is 0.393. The molecule has 144 valence electrons. The van der Waals surface area contributed by atoms with Gasteiger partial charge in [0.1, 0.15) is 5.82 Å². The monoisotopic (exact) mass is 471 g/mol. The van der Waals surface area contributed by atoms with Gasteiger partial charge in [-0.1, -0.05) is 0 Å². The number of ether oxygens (including phenoxy) is 1. The van der Waals surface area contributed by atoms with E-state index in [1.54, 1.807) is 0 Å². The molecule has 2 N–H and O–H groups in total. The zero-order valence-electron chi connectivity index (χ0n) is 15.5. The number of fused-ring (bicyclic) bond motifs is 2. The van der Waals surface area contributed by atoms with Crippen LogP contribution in [0, 0.1) is 0 Å². The molecule has 3 fully saturated rings. The summed E-state index contributed by atoms with van der Waals surface area (Å²) in [6, 6.07) is 4.64. The zero-order chi connectivity index (χ0) is 17.1. The van der Waals surface area contributed by atoms with Crippen molar-refractivity contribution in [3.05, 3.63) is 23.9 Å². The molecule has 7 heteroatoms. The Morgan fingerprint density at radius 3 is 2.88 bits per heavy atom. The lowest BCUT2D eigenvalue weighted by molar-refractivity contribution is 0.0992. The highest BCUT2D eigenvalue weighted by Crippen LogP contribution is 2.34. The number of anilines is 1. The normalized spacial score (nSPS) is 27.5. The molecule has 0 radical (unpaired) electrons. The van der Waals surface area contributed by atoms with Crippen LogP contribution in [0.5, 0.6) is 0 Å². The van der Waals surface area contributed by atoms with Crippen LogP contribution in [0.3, 0.4) is 0 Å². The number of nitrogens with zero attached hydrogens (tertiary/aromatic N) is 3. The van der Waals surface area contributed by atoms with Crippen molar-refractivity contribution >= 4 is 35.8 Å². The summed E-state index contributed by atoms with van der Waals surface area (Å²) < 4.78 is 5.94. The highest BCUT2D eigenvalue weighted by molar-refractivity contribution is 14.0. The van der Waals surface area contributed by atoms with E-state index in [2.05, 4.69) is 39.6 Å². The molecule has 0 spiro atoms. The van der Waals surface area contributed by atoms with Gasteiger partial charge in [-0.3, -0.25) is 0 Å². The first-order valence-electron chi connectivity index (χ1n) is 9.72. The molecular weight excluding hydrogens is 441 g/mol. The lowest BCUT2D eigenvalue weighted by Crippen LogP contribution is -2.47. The Labute approximate surface area is 173 Å². The Morgan fingerprint density at radius 1 is 1.35 bits per heavy atom. The zero-order valence-corrected chi connectivity index (χ0v) is 17.8. The van der Waals surface area contributed by atoms with E-state index < -0.39 is 0 Å². The third-order valence-corrected chi connectivity index (χ3v) is 5.43. The molecule has 0 amide bonds. The van der Waals surface area contributed by atoms with Crippen molar-refractivity contribution in [3.8, 4) is 0 Å². The largest absolute Gasteiger partial charge is 0.373 e. The number of aliphatic imine (C=N–C) groups is 1. The molecular formula is C19H30IN5O. The minimum absolute atomic E-state index is 0. The highest BCUT2D eigenvalue weighted by atomic mass is 127. The summed E-state index contributed by atoms with van der Waals surface area (Å²) in [6.07, 6.45) is 8.74. The van der Waals surface area contributed by atoms with Gasteiger partial charge in [0.25, 0.3) is 0 Å². The molecule has 3 saturated heterocycles. The second-order valence-electron chi connectivity index (χ2n) is 7.27. The summed E-state index contributed by atoms with van der Waals surface area (Å²) in [4.78, 5) is 11.7. The minimum atomic E-state index is 0. The number of hydrogen-bond donors (Lipinski definition) is 2. The van der Waals surface area contributed by atoms with E-state index in [4.69, 9.17) is 9.73 Å². The van der Waals surface area contributed by atoms with Crippen molar-refractivity contribution in [2.45, 2.75) is 63.8 Å². The fourth-order valence-corrected chi connectivity index (χ4v) is 4.13. The summed E-state index contributed by atoms with van der Waals surface area (Å²) in [7, 11) is 0. The number of aromatic nitrogens is 1. The molecule has 0 aromatic carbocycles. The molecule has 3 atom stereocenters. The van der Waals surface area contributed by atoms with Gasteiger partial charge in [0.05, 0.1) is 24.8 Å². The molecule has 26 heavy (non-hydrogen) atoms. The molecule has 0 aliphatic carbocycles. The van der Waals surface area contributed by atoms with E-state index in [1.807, 2.05) is 6.20 Å². The molecule has 0 saturated carbocycles. The van der Waals surface area contributed by atoms with E-state index in [9.17, 15) is 0 Å². The SMILES string of the molecule is CCNC(=NCc1ccnc(N2CCCC2)c1)NC1CC2CCC1O2.I. The van der Waals surface area contributed by atoms with Crippen LogP contribution < -0.4 is 15.5 Å². The van der Waals surface area contributed by atoms with Crippen LogP contribution in [0.25, 0.3) is 0 Å². The van der Waals surface area contributed by atoms with Gasteiger partial charge >= 0.3 is 0 Å². The fourth-order valence-electron chi connectivity index (χ4n) is 4.13. The second-order valence-corrected chi connectivity index (χ2v) is 7.27. The van der Waals surface area contributed by atoms with Crippen molar-refractivity contribution in [2.24, 2.45) is 4.99 Å². The summed E-state index contributed by atoms with van der Waals surface area (Å²) in [5.74, 6) is 1.98. The first kappa shape index (κ1) is 19.7. The average molecular weight is 471 g/mol. The fraction of sp³-hybridized carbons (Fsp3) is 0.684. The maximum atomic E-state index is 5.94. The summed E-state index contributed by atoms with van der Waals surface area (Å²) in [6.45, 7) is 5.87. The molecule has 1 aromatic heterocycles. The van der Waals surface area contributed by atoms with Gasteiger partial charge in [0.2, 0.25) is 0 Å². The van der Waals surface area contributed by atoms with E-state index in [0.717, 1.165) is 37.8 Å². The average Bonchev–Trinajstić information content (AvgIpc) is 3.38. The van der Waals surface area contributed by atoms with Crippen molar-refractivity contribution in [2.75, 3.05) is 24.5 Å². The first-order chi connectivity index (χ1) is 12.3. The van der Waals surface area contributed by atoms with E-state index in [0.29, 0.717) is 24.8 Å². The molecule has 4 heterocycles. The van der Waals surface area contributed by atoms with Gasteiger partial charge in [-0.15, -0.1) is 24.0 Å². The van der Waals surface area contributed by atoms with Crippen LogP contribution in [0.15, 0.2) is 23.3 Å². The molecule has 1 aromatic rings. The molecule has 3 unspecified atom stereocenters. The highest BCUT2D eigenvalue weighted by Gasteiger charge is 2.41. The smallest absolute Gasteiger partial charge is 0.191 e. The third kappa shape index (κ3) is 4.60. The van der Waals surface area contributed by atoms with Crippen LogP contribution in [0.4, 0.5) is 5.82 Å². The number of pyridine rings is 1. The van der Waals surface area contributed by atoms with Gasteiger partial charge in [-0.25, -0.2) is 9.98 Å².